The molecule has 0 heterocycles. The van der Waals surface area contributed by atoms with Gasteiger partial charge in [-0.15, -0.1) is 0 Å². The Morgan fingerprint density at radius 3 is 2.17 bits per heavy atom. The second-order valence-electron chi connectivity index (χ2n) is 7.36. The standard InChI is InChI=1S/C15H31NOSi/c1-14(2,3)18(5,6)17-13-15(12-16-4)10-8-7-9-11-15/h12H,7-11,13H2,1-6H3. The van der Waals surface area contributed by atoms with Crippen LogP contribution < -0.4 is 0 Å². The van der Waals surface area contributed by atoms with Gasteiger partial charge in [0.15, 0.2) is 8.32 Å². The molecule has 1 rings (SSSR count). The smallest absolute Gasteiger partial charge is 0.192 e. The Balaban J connectivity index is 2.68. The summed E-state index contributed by atoms with van der Waals surface area (Å²) in [5, 5.41) is 0.298. The van der Waals surface area contributed by atoms with E-state index >= 15 is 0 Å². The van der Waals surface area contributed by atoms with Gasteiger partial charge in [-0.1, -0.05) is 40.0 Å². The van der Waals surface area contributed by atoms with Crippen LogP contribution in [0.25, 0.3) is 0 Å². The highest BCUT2D eigenvalue weighted by molar-refractivity contribution is 6.74. The van der Waals surface area contributed by atoms with Crippen LogP contribution in [0.4, 0.5) is 0 Å². The van der Waals surface area contributed by atoms with Crippen molar-refractivity contribution >= 4 is 14.5 Å². The molecule has 2 nitrogen and oxygen atoms in total. The minimum Gasteiger partial charge on any atom is -0.416 e. The first kappa shape index (κ1) is 15.9. The molecule has 3 heteroatoms. The topological polar surface area (TPSA) is 21.6 Å². The molecule has 0 aromatic carbocycles. The zero-order valence-corrected chi connectivity index (χ0v) is 14.2. The molecule has 0 aromatic heterocycles. The van der Waals surface area contributed by atoms with Crippen LogP contribution in [0.5, 0.6) is 0 Å². The van der Waals surface area contributed by atoms with E-state index in [1.165, 1.54) is 32.1 Å². The van der Waals surface area contributed by atoms with E-state index in [0.717, 1.165) is 6.61 Å². The van der Waals surface area contributed by atoms with E-state index < -0.39 is 8.32 Å². The van der Waals surface area contributed by atoms with Gasteiger partial charge in [-0.25, -0.2) is 0 Å². The minimum absolute atomic E-state index is 0.225. The number of aliphatic imine (C=N–C) groups is 1. The monoisotopic (exact) mass is 269 g/mol. The molecular weight excluding hydrogens is 238 g/mol. The molecule has 0 amide bonds. The largest absolute Gasteiger partial charge is 0.416 e. The summed E-state index contributed by atoms with van der Waals surface area (Å²) >= 11 is 0. The Kier molecular flexibility index (Phi) is 5.19. The lowest BCUT2D eigenvalue weighted by molar-refractivity contribution is 0.153. The maximum absolute atomic E-state index is 6.44. The molecule has 0 N–H and O–H groups in total. The summed E-state index contributed by atoms with van der Waals surface area (Å²) in [6, 6.07) is 0. The van der Waals surface area contributed by atoms with Gasteiger partial charge in [0.25, 0.3) is 0 Å². The molecule has 106 valence electrons. The molecule has 1 fully saturated rings. The quantitative estimate of drug-likeness (QED) is 0.537. The highest BCUT2D eigenvalue weighted by Gasteiger charge is 2.40. The van der Waals surface area contributed by atoms with Crippen molar-refractivity contribution in [1.29, 1.82) is 0 Å². The molecular formula is C15H31NOSi. The van der Waals surface area contributed by atoms with Crippen LogP contribution in [0, 0.1) is 5.41 Å². The highest BCUT2D eigenvalue weighted by Crippen LogP contribution is 2.40. The van der Waals surface area contributed by atoms with Gasteiger partial charge < -0.3 is 9.42 Å². The molecule has 0 atom stereocenters. The van der Waals surface area contributed by atoms with Crippen LogP contribution in [0.1, 0.15) is 52.9 Å². The average Bonchev–Trinajstić information content (AvgIpc) is 2.27. The SMILES string of the molecule is CN=CC1(CO[Si](C)(C)C(C)(C)C)CCCCC1. The third-order valence-corrected chi connectivity index (χ3v) is 9.26. The number of rotatable bonds is 4. The first-order valence-corrected chi connectivity index (χ1v) is 10.2. The Hall–Kier alpha value is -0.153. The van der Waals surface area contributed by atoms with Gasteiger partial charge in [-0.2, -0.15) is 0 Å². The molecule has 18 heavy (non-hydrogen) atoms. The predicted octanol–water partition coefficient (Wildman–Crippen LogP) is 4.66. The Morgan fingerprint density at radius 2 is 1.72 bits per heavy atom. The molecule has 0 radical (unpaired) electrons. The van der Waals surface area contributed by atoms with Crippen molar-refractivity contribution in [3.63, 3.8) is 0 Å². The van der Waals surface area contributed by atoms with E-state index in [4.69, 9.17) is 4.43 Å². The first-order chi connectivity index (χ1) is 8.22. The van der Waals surface area contributed by atoms with E-state index in [0.29, 0.717) is 5.04 Å². The lowest BCUT2D eigenvalue weighted by Gasteiger charge is -2.41. The summed E-state index contributed by atoms with van der Waals surface area (Å²) in [5.41, 5.74) is 0.225. The molecule has 1 aliphatic rings. The molecule has 0 spiro atoms. The molecule has 0 aromatic rings. The zero-order chi connectivity index (χ0) is 13.9. The lowest BCUT2D eigenvalue weighted by Crippen LogP contribution is -2.45. The highest BCUT2D eigenvalue weighted by atomic mass is 28.4. The van der Waals surface area contributed by atoms with E-state index in [1.54, 1.807) is 0 Å². The number of hydrogen-bond acceptors (Lipinski definition) is 2. The number of nitrogens with zero attached hydrogens (tertiary/aromatic N) is 1. The van der Waals surface area contributed by atoms with E-state index in [1.807, 2.05) is 7.05 Å². The summed E-state index contributed by atoms with van der Waals surface area (Å²) in [5.74, 6) is 0. The molecule has 0 aliphatic heterocycles. The maximum atomic E-state index is 6.44. The van der Waals surface area contributed by atoms with E-state index in [2.05, 4.69) is 45.1 Å². The van der Waals surface area contributed by atoms with Crippen LogP contribution >= 0.6 is 0 Å². The fourth-order valence-electron chi connectivity index (χ4n) is 2.38. The summed E-state index contributed by atoms with van der Waals surface area (Å²) in [4.78, 5) is 4.30. The van der Waals surface area contributed by atoms with Crippen molar-refractivity contribution in [2.24, 2.45) is 10.4 Å². The summed E-state index contributed by atoms with van der Waals surface area (Å²) in [7, 11) is 0.265. The third-order valence-electron chi connectivity index (χ3n) is 4.78. The van der Waals surface area contributed by atoms with Gasteiger partial charge >= 0.3 is 0 Å². The summed E-state index contributed by atoms with van der Waals surface area (Å²) in [6.07, 6.45) is 8.69. The van der Waals surface area contributed by atoms with Gasteiger partial charge in [-0.05, 0) is 31.0 Å². The van der Waals surface area contributed by atoms with Gasteiger partial charge in [-0.3, -0.25) is 0 Å². The summed E-state index contributed by atoms with van der Waals surface area (Å²) < 4.78 is 6.44. The van der Waals surface area contributed by atoms with Crippen LogP contribution in [0.2, 0.25) is 18.1 Å². The number of hydrogen-bond donors (Lipinski definition) is 0. The normalized spacial score (nSPS) is 21.4. The van der Waals surface area contributed by atoms with Crippen molar-refractivity contribution in [2.75, 3.05) is 13.7 Å². The molecule has 0 saturated heterocycles. The second kappa shape index (κ2) is 5.87. The minimum atomic E-state index is -1.63. The first-order valence-electron chi connectivity index (χ1n) is 7.30. The van der Waals surface area contributed by atoms with E-state index in [-0.39, 0.29) is 5.41 Å². The average molecular weight is 270 g/mol. The zero-order valence-electron chi connectivity index (χ0n) is 13.2. The van der Waals surface area contributed by atoms with Gasteiger partial charge in [0, 0.05) is 25.3 Å². The lowest BCUT2D eigenvalue weighted by atomic mass is 9.76. The van der Waals surface area contributed by atoms with Crippen LogP contribution in [0.15, 0.2) is 4.99 Å². The van der Waals surface area contributed by atoms with Gasteiger partial charge in [0.1, 0.15) is 0 Å². The van der Waals surface area contributed by atoms with Crippen molar-refractivity contribution in [1.82, 2.24) is 0 Å². The molecule has 1 saturated carbocycles. The van der Waals surface area contributed by atoms with E-state index in [9.17, 15) is 0 Å². The second-order valence-corrected chi connectivity index (χ2v) is 12.2. The van der Waals surface area contributed by atoms with Gasteiger partial charge in [0.05, 0.1) is 0 Å². The Bertz CT molecular complexity index is 285. The molecule has 1 aliphatic carbocycles. The van der Waals surface area contributed by atoms with Gasteiger partial charge in [0.2, 0.25) is 0 Å². The third kappa shape index (κ3) is 3.92. The molecule has 0 bridgehead atoms. The summed E-state index contributed by atoms with van der Waals surface area (Å²) in [6.45, 7) is 12.5. The van der Waals surface area contributed by atoms with Crippen LogP contribution in [0.3, 0.4) is 0 Å². The fraction of sp³-hybridized carbons (Fsp3) is 0.933. The van der Waals surface area contributed by atoms with Crippen LogP contribution in [-0.2, 0) is 4.43 Å². The van der Waals surface area contributed by atoms with Crippen molar-refractivity contribution in [3.8, 4) is 0 Å². The predicted molar refractivity (Wildman–Crippen MR) is 83.1 cm³/mol. The van der Waals surface area contributed by atoms with Crippen LogP contribution in [-0.4, -0.2) is 28.2 Å². The maximum Gasteiger partial charge on any atom is 0.192 e. The Morgan fingerprint density at radius 1 is 1.17 bits per heavy atom. The Labute approximate surface area is 114 Å². The van der Waals surface area contributed by atoms with Crippen molar-refractivity contribution in [2.45, 2.75) is 71.0 Å². The fourth-order valence-corrected chi connectivity index (χ4v) is 3.46. The van der Waals surface area contributed by atoms with Crippen molar-refractivity contribution in [3.05, 3.63) is 0 Å². The molecule has 0 unspecified atom stereocenters. The van der Waals surface area contributed by atoms with Crippen molar-refractivity contribution < 1.29 is 4.43 Å².